The van der Waals surface area contributed by atoms with Gasteiger partial charge in [-0.05, 0) is 33.7 Å². The topological polar surface area (TPSA) is 76.2 Å². The Hall–Kier alpha value is -1.63. The normalized spacial score (nSPS) is 12.7. The van der Waals surface area contributed by atoms with Crippen molar-refractivity contribution in [3.05, 3.63) is 15.8 Å². The minimum atomic E-state index is -0.352. The zero-order chi connectivity index (χ0) is 16.0. The zero-order valence-electron chi connectivity index (χ0n) is 13.7. The fourth-order valence-corrected chi connectivity index (χ4v) is 2.22. The van der Waals surface area contributed by atoms with E-state index < -0.39 is 0 Å². The van der Waals surface area contributed by atoms with Gasteiger partial charge in [-0.2, -0.15) is 5.10 Å². The van der Waals surface area contributed by atoms with Gasteiger partial charge in [-0.1, -0.05) is 13.8 Å². The highest BCUT2D eigenvalue weighted by atomic mass is 16.6. The van der Waals surface area contributed by atoms with Gasteiger partial charge in [0.05, 0.1) is 4.92 Å². The molecule has 0 fully saturated rings. The minimum absolute atomic E-state index is 0.0923. The molecule has 1 aromatic heterocycles. The molecule has 1 heterocycles. The molecule has 0 saturated heterocycles. The molecule has 1 N–H and O–H groups in total. The van der Waals surface area contributed by atoms with Crippen molar-refractivity contribution in [1.29, 1.82) is 0 Å². The van der Waals surface area contributed by atoms with Gasteiger partial charge < -0.3 is 10.2 Å². The van der Waals surface area contributed by atoms with Crippen LogP contribution in [0.4, 0.5) is 11.5 Å². The molecule has 21 heavy (non-hydrogen) atoms. The van der Waals surface area contributed by atoms with Gasteiger partial charge in [0, 0.05) is 25.7 Å². The first kappa shape index (κ1) is 17.4. The predicted molar refractivity (Wildman–Crippen MR) is 84.8 cm³/mol. The van der Waals surface area contributed by atoms with Crippen molar-refractivity contribution >= 4 is 11.5 Å². The number of hydrogen-bond acceptors (Lipinski definition) is 5. The summed E-state index contributed by atoms with van der Waals surface area (Å²) in [6, 6.07) is 0.504. The third-order valence-corrected chi connectivity index (χ3v) is 3.81. The quantitative estimate of drug-likeness (QED) is 0.560. The van der Waals surface area contributed by atoms with Gasteiger partial charge in [0.15, 0.2) is 0 Å². The van der Waals surface area contributed by atoms with Gasteiger partial charge in [0.2, 0.25) is 5.82 Å². The fourth-order valence-electron chi connectivity index (χ4n) is 2.22. The highest BCUT2D eigenvalue weighted by Gasteiger charge is 2.24. The van der Waals surface area contributed by atoms with Gasteiger partial charge in [-0.25, -0.2) is 4.68 Å². The lowest BCUT2D eigenvalue weighted by atomic mass is 10.2. The third kappa shape index (κ3) is 4.42. The molecule has 0 aliphatic heterocycles. The van der Waals surface area contributed by atoms with E-state index in [2.05, 4.69) is 36.2 Å². The molecule has 0 radical (unpaired) electrons. The second kappa shape index (κ2) is 7.97. The van der Waals surface area contributed by atoms with Crippen molar-refractivity contribution in [2.75, 3.05) is 25.5 Å². The van der Waals surface area contributed by atoms with E-state index in [0.717, 1.165) is 19.4 Å². The molecule has 1 rings (SSSR count). The Morgan fingerprint density at radius 2 is 2.14 bits per heavy atom. The molecule has 0 aliphatic rings. The van der Waals surface area contributed by atoms with Crippen LogP contribution >= 0.6 is 0 Å². The molecule has 0 aromatic carbocycles. The average Bonchev–Trinajstić information content (AvgIpc) is 2.74. The van der Waals surface area contributed by atoms with Crippen molar-refractivity contribution in [2.24, 2.45) is 0 Å². The van der Waals surface area contributed by atoms with E-state index in [-0.39, 0.29) is 10.6 Å². The maximum atomic E-state index is 11.2. The first-order valence-corrected chi connectivity index (χ1v) is 7.58. The van der Waals surface area contributed by atoms with Crippen molar-refractivity contribution < 1.29 is 4.92 Å². The summed E-state index contributed by atoms with van der Waals surface area (Å²) < 4.78 is 1.71. The number of aromatic nitrogens is 2. The van der Waals surface area contributed by atoms with Gasteiger partial charge >= 0.3 is 5.69 Å². The summed E-state index contributed by atoms with van der Waals surface area (Å²) in [6.45, 7) is 10.2. The number of anilines is 1. The molecule has 7 nitrogen and oxygen atoms in total. The Morgan fingerprint density at radius 3 is 2.67 bits per heavy atom. The smallest absolute Gasteiger partial charge is 0.333 e. The van der Waals surface area contributed by atoms with Crippen LogP contribution < -0.4 is 5.32 Å². The van der Waals surface area contributed by atoms with Crippen LogP contribution in [0.25, 0.3) is 0 Å². The summed E-state index contributed by atoms with van der Waals surface area (Å²) in [6.07, 6.45) is 1.98. The largest absolute Gasteiger partial charge is 0.363 e. The summed E-state index contributed by atoms with van der Waals surface area (Å²) >= 11 is 0. The van der Waals surface area contributed by atoms with Crippen LogP contribution in [0.3, 0.4) is 0 Å². The second-order valence-corrected chi connectivity index (χ2v) is 5.43. The van der Waals surface area contributed by atoms with E-state index in [0.29, 0.717) is 30.6 Å². The number of nitrogens with one attached hydrogen (secondary N) is 1. The number of nitro groups is 1. The van der Waals surface area contributed by atoms with Crippen molar-refractivity contribution in [2.45, 2.75) is 53.1 Å². The Morgan fingerprint density at radius 1 is 1.48 bits per heavy atom. The lowest BCUT2D eigenvalue weighted by Crippen LogP contribution is -2.33. The first-order valence-electron chi connectivity index (χ1n) is 7.58. The third-order valence-electron chi connectivity index (χ3n) is 3.81. The molecule has 120 valence electrons. The minimum Gasteiger partial charge on any atom is -0.363 e. The molecule has 1 atom stereocenters. The summed E-state index contributed by atoms with van der Waals surface area (Å²) in [5.41, 5.74) is 0.556. The van der Waals surface area contributed by atoms with Crippen LogP contribution in [0.2, 0.25) is 0 Å². The molecule has 1 aromatic rings. The molecule has 0 spiro atoms. The van der Waals surface area contributed by atoms with E-state index in [9.17, 15) is 10.1 Å². The van der Waals surface area contributed by atoms with Crippen LogP contribution in [0.1, 0.15) is 39.3 Å². The SMILES string of the molecule is CCCn1nc(C)c([N+](=O)[O-])c1NCCN(C)C(C)CC. The molecule has 0 saturated carbocycles. The van der Waals surface area contributed by atoms with E-state index in [1.54, 1.807) is 11.6 Å². The zero-order valence-corrected chi connectivity index (χ0v) is 13.7. The summed E-state index contributed by atoms with van der Waals surface area (Å²) in [5, 5.41) is 18.7. The van der Waals surface area contributed by atoms with Crippen molar-refractivity contribution in [3.8, 4) is 0 Å². The first-order chi connectivity index (χ1) is 9.92. The fraction of sp³-hybridized carbons (Fsp3) is 0.786. The van der Waals surface area contributed by atoms with Crippen LogP contribution in [0.5, 0.6) is 0 Å². The molecule has 1 unspecified atom stereocenters. The molecular weight excluding hydrogens is 270 g/mol. The summed E-state index contributed by atoms with van der Waals surface area (Å²) in [7, 11) is 2.07. The van der Waals surface area contributed by atoms with Gasteiger partial charge in [0.1, 0.15) is 5.69 Å². The Labute approximate surface area is 126 Å². The molecule has 0 aliphatic carbocycles. The lowest BCUT2D eigenvalue weighted by Gasteiger charge is -2.23. The van der Waals surface area contributed by atoms with Crippen LogP contribution in [-0.2, 0) is 6.54 Å². The number of likely N-dealkylation sites (N-methyl/N-ethyl adjacent to an activating group) is 1. The number of aryl methyl sites for hydroxylation is 2. The molecule has 7 heteroatoms. The van der Waals surface area contributed by atoms with E-state index >= 15 is 0 Å². The van der Waals surface area contributed by atoms with E-state index in [1.165, 1.54) is 0 Å². The number of nitrogens with zero attached hydrogens (tertiary/aromatic N) is 4. The number of rotatable bonds is 9. The highest BCUT2D eigenvalue weighted by Crippen LogP contribution is 2.28. The van der Waals surface area contributed by atoms with E-state index in [1.807, 2.05) is 6.92 Å². The standard InChI is InChI=1S/C14H27N5O2/c1-6-9-18-14(13(19(20)21)12(4)16-18)15-8-10-17(5)11(3)7-2/h11,15H,6-10H2,1-5H3. The molecule has 0 bridgehead atoms. The van der Waals surface area contributed by atoms with E-state index in [4.69, 9.17) is 0 Å². The Kier molecular flexibility index (Phi) is 6.61. The second-order valence-electron chi connectivity index (χ2n) is 5.43. The maximum Gasteiger partial charge on any atom is 0.333 e. The van der Waals surface area contributed by atoms with Crippen LogP contribution in [0, 0.1) is 17.0 Å². The summed E-state index contributed by atoms with van der Waals surface area (Å²) in [5.74, 6) is 0.525. The Bertz CT molecular complexity index is 472. The van der Waals surface area contributed by atoms with Crippen LogP contribution in [-0.4, -0.2) is 45.8 Å². The van der Waals surface area contributed by atoms with Gasteiger partial charge in [-0.15, -0.1) is 0 Å². The van der Waals surface area contributed by atoms with Crippen molar-refractivity contribution in [3.63, 3.8) is 0 Å². The molecule has 0 amide bonds. The van der Waals surface area contributed by atoms with Gasteiger partial charge in [0.25, 0.3) is 0 Å². The number of hydrogen-bond donors (Lipinski definition) is 1. The predicted octanol–water partition coefficient (Wildman–Crippen LogP) is 2.65. The maximum absolute atomic E-state index is 11.2. The van der Waals surface area contributed by atoms with Crippen LogP contribution in [0.15, 0.2) is 0 Å². The molecular formula is C14H27N5O2. The highest BCUT2D eigenvalue weighted by molar-refractivity contribution is 5.59. The van der Waals surface area contributed by atoms with Gasteiger partial charge in [-0.3, -0.25) is 10.1 Å². The summed E-state index contributed by atoms with van der Waals surface area (Å²) in [4.78, 5) is 13.1. The Balaban J connectivity index is 2.79. The average molecular weight is 297 g/mol. The lowest BCUT2D eigenvalue weighted by molar-refractivity contribution is -0.384. The monoisotopic (exact) mass is 297 g/mol. The van der Waals surface area contributed by atoms with Crippen molar-refractivity contribution in [1.82, 2.24) is 14.7 Å².